The zero-order valence-electron chi connectivity index (χ0n) is 62.2. The number of para-hydroxylation sites is 12. The van der Waals surface area contributed by atoms with Crippen molar-refractivity contribution in [2.24, 2.45) is 0 Å². The summed E-state index contributed by atoms with van der Waals surface area (Å²) in [6.45, 7) is 0. The van der Waals surface area contributed by atoms with Crippen molar-refractivity contribution in [3.8, 4) is 22.7 Å². The van der Waals surface area contributed by atoms with E-state index in [1.807, 2.05) is 0 Å². The third kappa shape index (κ3) is 7.18. The lowest BCUT2D eigenvalue weighted by molar-refractivity contribution is 1.18. The van der Waals surface area contributed by atoms with Gasteiger partial charge in [-0.05, 0) is 146 Å². The Morgan fingerprint density at radius 3 is 0.629 bits per heavy atom. The van der Waals surface area contributed by atoms with Crippen molar-refractivity contribution in [2.75, 3.05) is 0 Å². The van der Waals surface area contributed by atoms with Gasteiger partial charge in [-0.25, -0.2) is 0 Å². The Bertz CT molecular complexity index is 9010. The highest BCUT2D eigenvalue weighted by atomic mass is 15.0. The van der Waals surface area contributed by atoms with E-state index >= 15 is 0 Å². The Hall–Kier alpha value is -15.6. The molecule has 12 heterocycles. The summed E-state index contributed by atoms with van der Waals surface area (Å²) in [5, 5.41) is 31.0. The van der Waals surface area contributed by atoms with Gasteiger partial charge in [0.25, 0.3) is 0 Å². The van der Waals surface area contributed by atoms with Crippen molar-refractivity contribution in [2.45, 2.75) is 0 Å². The molecule has 0 aliphatic rings. The highest BCUT2D eigenvalue weighted by molar-refractivity contribution is 6.42. The fourth-order valence-corrected chi connectivity index (χ4v) is 22.4. The Morgan fingerprint density at radius 1 is 0.112 bits per heavy atom. The first-order valence-electron chi connectivity index (χ1n) is 40.2. The Balaban J connectivity index is 0.000000119. The lowest BCUT2D eigenvalue weighted by Crippen LogP contribution is -1.93. The van der Waals surface area contributed by atoms with Crippen LogP contribution in [0.4, 0.5) is 0 Å². The molecule has 0 N–H and O–H groups in total. The van der Waals surface area contributed by atoms with Crippen LogP contribution in [0.2, 0.25) is 0 Å². The molecule has 0 unspecified atom stereocenters. The van der Waals surface area contributed by atoms with Gasteiger partial charge < -0.3 is 35.9 Å². The van der Waals surface area contributed by atoms with Crippen LogP contribution in [0.15, 0.2) is 364 Å². The van der Waals surface area contributed by atoms with Crippen LogP contribution in [-0.4, -0.2) is 35.9 Å². The highest BCUT2D eigenvalue weighted by Gasteiger charge is 2.32. The van der Waals surface area contributed by atoms with Crippen molar-refractivity contribution in [3.05, 3.63) is 364 Å². The van der Waals surface area contributed by atoms with E-state index in [9.17, 15) is 0 Å². The molecule has 0 saturated carbocycles. The minimum atomic E-state index is 1.17. The minimum absolute atomic E-state index is 1.17. The predicted molar refractivity (Wildman–Crippen MR) is 489 cm³/mol. The molecule has 30 aromatic rings. The number of benzene rings is 18. The molecule has 8 nitrogen and oxygen atoms in total. The van der Waals surface area contributed by atoms with E-state index in [0.29, 0.717) is 0 Å². The molecule has 0 aliphatic carbocycles. The largest absolute Gasteiger partial charge is 0.309 e. The summed E-state index contributed by atoms with van der Waals surface area (Å²) < 4.78 is 20.1. The second-order valence-corrected chi connectivity index (χ2v) is 32.1. The standard InChI is InChI=1S/2C54H30N4/c1-3-15-31(16-4-1)55-43-23-11-7-19-33(43)39-27-41-37-29-48-38(30-47(37)57-45-25-13-9-21-35(45)49(51(39)55)53(41)57)42-28-40-34-20-8-12-24-44(34)56(32-17-5-2-6-18-32)52(40)50-36-22-10-14-26-46(36)58(48)54(42)50;1-3-15-31(16-4-1)55-41-23-11-7-19-33(41)49-47(55)29-39-37-27-46-38(28-45(37)57-43-25-13-9-21-35(43)51(49)53(39)57)40-30-48-50(52-36-22-10-14-26-44(36)58(46)54(40)52)34-20-8-12-24-42(34)56(48)32-17-5-2-6-18-32/h2*1-30H. The van der Waals surface area contributed by atoms with Gasteiger partial charge >= 0.3 is 0 Å². The molecule has 0 atom stereocenters. The lowest BCUT2D eigenvalue weighted by Gasteiger charge is -2.09. The summed E-state index contributed by atoms with van der Waals surface area (Å²) in [7, 11) is 0. The molecule has 18 aromatic carbocycles. The molecule has 30 rings (SSSR count). The van der Waals surface area contributed by atoms with Gasteiger partial charge in [0.1, 0.15) is 0 Å². The Kier molecular flexibility index (Phi) is 11.1. The van der Waals surface area contributed by atoms with Crippen LogP contribution in [0.5, 0.6) is 0 Å². The molecule has 8 heteroatoms. The van der Waals surface area contributed by atoms with Crippen molar-refractivity contribution < 1.29 is 0 Å². The zero-order valence-corrected chi connectivity index (χ0v) is 62.2. The summed E-state index contributed by atoms with van der Waals surface area (Å²) in [6, 6.07) is 135. The number of hydrogen-bond acceptors (Lipinski definition) is 0. The summed E-state index contributed by atoms with van der Waals surface area (Å²) in [5.41, 5.74) is 29.7. The molecule has 0 bridgehead atoms. The van der Waals surface area contributed by atoms with Gasteiger partial charge in [0.2, 0.25) is 0 Å². The van der Waals surface area contributed by atoms with E-state index in [4.69, 9.17) is 0 Å². The van der Waals surface area contributed by atoms with Crippen LogP contribution in [0.1, 0.15) is 0 Å². The first-order valence-corrected chi connectivity index (χ1v) is 40.2. The van der Waals surface area contributed by atoms with E-state index < -0.39 is 0 Å². The molecular weight excluding hydrogens is 1410 g/mol. The third-order valence-corrected chi connectivity index (χ3v) is 26.7. The average molecular weight is 1470 g/mol. The first-order chi connectivity index (χ1) is 57.7. The maximum absolute atomic E-state index is 2.56. The van der Waals surface area contributed by atoms with Crippen LogP contribution in [0.3, 0.4) is 0 Å². The van der Waals surface area contributed by atoms with E-state index in [0.717, 1.165) is 0 Å². The number of hydrogen-bond donors (Lipinski definition) is 0. The second kappa shape index (κ2) is 21.3. The highest BCUT2D eigenvalue weighted by Crippen LogP contribution is 2.55. The van der Waals surface area contributed by atoms with Crippen LogP contribution in [0, 0.1) is 0 Å². The molecule has 0 aliphatic heterocycles. The maximum atomic E-state index is 2.56. The molecular formula is C108H60N8. The summed E-state index contributed by atoms with van der Waals surface area (Å²) >= 11 is 0. The molecule has 12 aromatic heterocycles. The Morgan fingerprint density at radius 2 is 0.319 bits per heavy atom. The normalized spacial score (nSPS) is 12.8. The molecule has 0 radical (unpaired) electrons. The molecule has 0 fully saturated rings. The second-order valence-electron chi connectivity index (χ2n) is 32.1. The smallest absolute Gasteiger partial charge is 0.0642 e. The molecule has 0 amide bonds. The molecule has 0 spiro atoms. The topological polar surface area (TPSA) is 37.4 Å². The minimum Gasteiger partial charge on any atom is -0.309 e. The average Bonchev–Trinajstić information content (AvgIpc) is 1.50. The van der Waals surface area contributed by atoms with Crippen LogP contribution < -0.4 is 0 Å². The lowest BCUT2D eigenvalue weighted by atomic mass is 10.0. The van der Waals surface area contributed by atoms with E-state index in [1.165, 1.54) is 262 Å². The van der Waals surface area contributed by atoms with Gasteiger partial charge in [-0.15, -0.1) is 0 Å². The van der Waals surface area contributed by atoms with Gasteiger partial charge in [0, 0.05) is 152 Å². The molecule has 116 heavy (non-hydrogen) atoms. The number of nitrogens with zero attached hydrogens (tertiary/aromatic N) is 8. The zero-order chi connectivity index (χ0) is 74.8. The van der Waals surface area contributed by atoms with Crippen LogP contribution in [0.25, 0.3) is 262 Å². The van der Waals surface area contributed by atoms with Gasteiger partial charge in [-0.1, -0.05) is 218 Å². The molecule has 532 valence electrons. The summed E-state index contributed by atoms with van der Waals surface area (Å²) in [5.74, 6) is 0. The van der Waals surface area contributed by atoms with Crippen molar-refractivity contribution in [3.63, 3.8) is 0 Å². The van der Waals surface area contributed by atoms with Gasteiger partial charge in [0.05, 0.1) is 110 Å². The van der Waals surface area contributed by atoms with Gasteiger partial charge in [-0.2, -0.15) is 0 Å². The summed E-state index contributed by atoms with van der Waals surface area (Å²) in [4.78, 5) is 0. The summed E-state index contributed by atoms with van der Waals surface area (Å²) in [6.07, 6.45) is 0. The maximum Gasteiger partial charge on any atom is 0.0642 e. The number of fused-ring (bicyclic) bond motifs is 40. The predicted octanol–water partition coefficient (Wildman–Crippen LogP) is 28.4. The van der Waals surface area contributed by atoms with E-state index in [2.05, 4.69) is 400 Å². The monoisotopic (exact) mass is 1470 g/mol. The van der Waals surface area contributed by atoms with E-state index in [-0.39, 0.29) is 0 Å². The first kappa shape index (κ1) is 60.1. The van der Waals surface area contributed by atoms with Crippen molar-refractivity contribution in [1.82, 2.24) is 35.9 Å². The van der Waals surface area contributed by atoms with Crippen molar-refractivity contribution in [1.29, 1.82) is 0 Å². The van der Waals surface area contributed by atoms with Crippen LogP contribution >= 0.6 is 0 Å². The third-order valence-electron chi connectivity index (χ3n) is 26.7. The number of aromatic nitrogens is 8. The van der Waals surface area contributed by atoms with Crippen molar-refractivity contribution >= 4 is 240 Å². The fraction of sp³-hybridized carbons (Fsp3) is 0. The van der Waals surface area contributed by atoms with Gasteiger partial charge in [0.15, 0.2) is 0 Å². The molecule has 0 saturated heterocycles. The number of rotatable bonds is 4. The van der Waals surface area contributed by atoms with E-state index in [1.54, 1.807) is 0 Å². The quantitative estimate of drug-likeness (QED) is 0.168. The van der Waals surface area contributed by atoms with Crippen LogP contribution in [-0.2, 0) is 0 Å². The van der Waals surface area contributed by atoms with Gasteiger partial charge in [-0.3, -0.25) is 0 Å². The SMILES string of the molecule is c1ccc(-n2c3ccccc3c3c4c5ccccc5n5c6cc7c8cc9c(c%10ccccc%10n9-c9ccccc9)c9c%10ccccc%10n(c7cc6c(cc32)c45)c89)cc1.c1ccc(-n2c3ccccc3c3cc4c5cc6c(cc5n5c7ccccc7c(c32)c45)c2cc3c4ccccc4n(-c4ccccc4)c3c3c4ccccc4n6c23)cc1. The Labute approximate surface area is 657 Å². The fourth-order valence-electron chi connectivity index (χ4n) is 22.4.